The number of nitrogens with one attached hydrogen (secondary N) is 2. The third-order valence-corrected chi connectivity index (χ3v) is 5.55. The molecule has 0 saturated heterocycles. The fraction of sp³-hybridized carbons (Fsp3) is 0.148. The summed E-state index contributed by atoms with van der Waals surface area (Å²) in [5.41, 5.74) is 5.00. The van der Waals surface area contributed by atoms with E-state index in [1.54, 1.807) is 24.3 Å². The van der Waals surface area contributed by atoms with E-state index in [1.807, 2.05) is 63.2 Å². The summed E-state index contributed by atoms with van der Waals surface area (Å²) in [6.45, 7) is 5.65. The molecular weight excluding hydrogens is 494 g/mol. The van der Waals surface area contributed by atoms with Crippen molar-refractivity contribution in [1.29, 1.82) is 5.26 Å². The van der Waals surface area contributed by atoms with Crippen molar-refractivity contribution in [2.45, 2.75) is 20.8 Å². The van der Waals surface area contributed by atoms with Crippen LogP contribution in [-0.4, -0.2) is 18.4 Å². The molecule has 0 heterocycles. The molecule has 0 fully saturated rings. The molecule has 0 unspecified atom stereocenters. The third kappa shape index (κ3) is 6.80. The number of nitrogens with zero attached hydrogens (tertiary/aromatic N) is 1. The summed E-state index contributed by atoms with van der Waals surface area (Å²) >= 11 is 3.43. The van der Waals surface area contributed by atoms with Gasteiger partial charge in [0.1, 0.15) is 17.4 Å². The van der Waals surface area contributed by atoms with Gasteiger partial charge in [0.25, 0.3) is 11.8 Å². The number of carbonyl (C=O) groups is 2. The topological polar surface area (TPSA) is 91.2 Å². The van der Waals surface area contributed by atoms with Crippen LogP contribution in [0.5, 0.6) is 5.75 Å². The molecule has 0 bridgehead atoms. The van der Waals surface area contributed by atoms with Gasteiger partial charge in [-0.25, -0.2) is 0 Å². The second kappa shape index (κ2) is 11.3. The van der Waals surface area contributed by atoms with Crippen LogP contribution in [0.3, 0.4) is 0 Å². The fourth-order valence-electron chi connectivity index (χ4n) is 3.16. The minimum absolute atomic E-state index is 0.0324. The maximum absolute atomic E-state index is 12.5. The van der Waals surface area contributed by atoms with Crippen molar-refractivity contribution in [1.82, 2.24) is 0 Å². The molecule has 0 radical (unpaired) electrons. The van der Waals surface area contributed by atoms with Gasteiger partial charge in [-0.15, -0.1) is 0 Å². The van der Waals surface area contributed by atoms with Crippen LogP contribution >= 0.6 is 15.9 Å². The first kappa shape index (κ1) is 24.7. The number of ether oxygens (including phenoxy) is 1. The molecule has 0 aromatic heterocycles. The summed E-state index contributed by atoms with van der Waals surface area (Å²) in [5, 5.41) is 15.0. The number of halogens is 1. The van der Waals surface area contributed by atoms with Crippen LogP contribution in [0.4, 0.5) is 11.4 Å². The van der Waals surface area contributed by atoms with E-state index in [2.05, 4.69) is 26.6 Å². The highest BCUT2D eigenvalue weighted by Gasteiger charge is 2.12. The van der Waals surface area contributed by atoms with Crippen molar-refractivity contribution in [3.8, 4) is 11.8 Å². The van der Waals surface area contributed by atoms with E-state index < -0.39 is 5.91 Å². The van der Waals surface area contributed by atoms with Gasteiger partial charge in [-0.2, -0.15) is 5.26 Å². The number of hydrogen-bond acceptors (Lipinski definition) is 4. The van der Waals surface area contributed by atoms with Crippen LogP contribution in [-0.2, 0) is 9.59 Å². The molecule has 0 aliphatic heterocycles. The molecule has 0 atom stereocenters. The molecule has 2 N–H and O–H groups in total. The standard InChI is InChI=1S/C27H24BrN3O3/c1-17-5-4-6-22(11-17)30-27(33)21(15-29)13-20-9-10-25(23(28)14-20)34-16-26(32)31-24-12-18(2)7-8-19(24)3/h4-14H,16H2,1-3H3,(H,30,33)(H,31,32)/b21-13+. The van der Waals surface area contributed by atoms with Crippen molar-refractivity contribution in [2.24, 2.45) is 0 Å². The molecule has 34 heavy (non-hydrogen) atoms. The van der Waals surface area contributed by atoms with Crippen LogP contribution in [0.25, 0.3) is 6.08 Å². The summed E-state index contributed by atoms with van der Waals surface area (Å²) in [7, 11) is 0. The normalized spacial score (nSPS) is 10.9. The van der Waals surface area contributed by atoms with Gasteiger partial charge in [0.2, 0.25) is 0 Å². The highest BCUT2D eigenvalue weighted by atomic mass is 79.9. The lowest BCUT2D eigenvalue weighted by Gasteiger charge is -2.11. The molecule has 6 nitrogen and oxygen atoms in total. The molecule has 172 valence electrons. The number of benzene rings is 3. The smallest absolute Gasteiger partial charge is 0.266 e. The SMILES string of the molecule is Cc1cccc(NC(=O)/C(C#N)=C/c2ccc(OCC(=O)Nc3cc(C)ccc3C)c(Br)c2)c1. The van der Waals surface area contributed by atoms with Gasteiger partial charge in [0.15, 0.2) is 6.61 Å². The molecule has 0 aliphatic rings. The van der Waals surface area contributed by atoms with E-state index >= 15 is 0 Å². The summed E-state index contributed by atoms with van der Waals surface area (Å²) in [5.74, 6) is -0.298. The lowest BCUT2D eigenvalue weighted by atomic mass is 10.1. The first-order chi connectivity index (χ1) is 16.2. The number of rotatable bonds is 7. The van der Waals surface area contributed by atoms with Crippen LogP contribution in [0, 0.1) is 32.1 Å². The molecule has 0 spiro atoms. The number of carbonyl (C=O) groups excluding carboxylic acids is 2. The molecular formula is C27H24BrN3O3. The quantitative estimate of drug-likeness (QED) is 0.299. The van der Waals surface area contributed by atoms with Crippen LogP contribution in [0.1, 0.15) is 22.3 Å². The Hall–Kier alpha value is -3.89. The van der Waals surface area contributed by atoms with E-state index in [0.29, 0.717) is 21.5 Å². The molecule has 2 amide bonds. The maximum atomic E-state index is 12.5. The monoisotopic (exact) mass is 517 g/mol. The molecule has 3 aromatic rings. The number of nitriles is 1. The van der Waals surface area contributed by atoms with Crippen molar-refractivity contribution < 1.29 is 14.3 Å². The molecule has 3 rings (SSSR count). The minimum atomic E-state index is -0.493. The van der Waals surface area contributed by atoms with Crippen molar-refractivity contribution >= 4 is 45.2 Å². The third-order valence-electron chi connectivity index (χ3n) is 4.93. The zero-order valence-corrected chi connectivity index (χ0v) is 20.7. The van der Waals surface area contributed by atoms with E-state index in [-0.39, 0.29) is 18.1 Å². The Morgan fingerprint density at radius 3 is 2.47 bits per heavy atom. The van der Waals surface area contributed by atoms with Gasteiger partial charge >= 0.3 is 0 Å². The highest BCUT2D eigenvalue weighted by Crippen LogP contribution is 2.27. The van der Waals surface area contributed by atoms with Crippen molar-refractivity contribution in [3.63, 3.8) is 0 Å². The molecule has 3 aromatic carbocycles. The van der Waals surface area contributed by atoms with E-state index in [4.69, 9.17) is 4.74 Å². The number of amides is 2. The summed E-state index contributed by atoms with van der Waals surface area (Å²) < 4.78 is 6.24. The van der Waals surface area contributed by atoms with E-state index in [1.165, 1.54) is 6.08 Å². The van der Waals surface area contributed by atoms with Crippen molar-refractivity contribution in [3.05, 3.63) is 93.0 Å². The maximum Gasteiger partial charge on any atom is 0.266 e. The van der Waals surface area contributed by atoms with E-state index in [0.717, 1.165) is 22.4 Å². The molecule has 0 saturated carbocycles. The van der Waals surface area contributed by atoms with Crippen LogP contribution in [0.15, 0.2) is 70.7 Å². The number of anilines is 2. The average Bonchev–Trinajstić information content (AvgIpc) is 2.79. The second-order valence-electron chi connectivity index (χ2n) is 7.84. The van der Waals surface area contributed by atoms with Gasteiger partial charge in [-0.3, -0.25) is 9.59 Å². The number of hydrogen-bond donors (Lipinski definition) is 2. The van der Waals surface area contributed by atoms with Gasteiger partial charge in [0.05, 0.1) is 4.47 Å². The van der Waals surface area contributed by atoms with Gasteiger partial charge in [-0.1, -0.05) is 30.3 Å². The summed E-state index contributed by atoms with van der Waals surface area (Å²) in [4.78, 5) is 24.8. The zero-order valence-electron chi connectivity index (χ0n) is 19.1. The predicted octanol–water partition coefficient (Wildman–Crippen LogP) is 5.94. The second-order valence-corrected chi connectivity index (χ2v) is 8.69. The van der Waals surface area contributed by atoms with Gasteiger partial charge in [0, 0.05) is 11.4 Å². The lowest BCUT2D eigenvalue weighted by molar-refractivity contribution is -0.118. The highest BCUT2D eigenvalue weighted by molar-refractivity contribution is 9.10. The summed E-state index contributed by atoms with van der Waals surface area (Å²) in [6.07, 6.45) is 1.49. The zero-order chi connectivity index (χ0) is 24.7. The lowest BCUT2D eigenvalue weighted by Crippen LogP contribution is -2.20. The molecule has 0 aliphatic carbocycles. The van der Waals surface area contributed by atoms with Crippen LogP contribution < -0.4 is 15.4 Å². The Kier molecular flexibility index (Phi) is 8.23. The van der Waals surface area contributed by atoms with Crippen molar-refractivity contribution in [2.75, 3.05) is 17.2 Å². The van der Waals surface area contributed by atoms with Gasteiger partial charge < -0.3 is 15.4 Å². The first-order valence-electron chi connectivity index (χ1n) is 10.5. The first-order valence-corrected chi connectivity index (χ1v) is 11.3. The van der Waals surface area contributed by atoms with Crippen LogP contribution in [0.2, 0.25) is 0 Å². The van der Waals surface area contributed by atoms with E-state index in [9.17, 15) is 14.9 Å². The fourth-order valence-corrected chi connectivity index (χ4v) is 3.67. The minimum Gasteiger partial charge on any atom is -0.483 e. The predicted molar refractivity (Wildman–Crippen MR) is 138 cm³/mol. The molecule has 7 heteroatoms. The number of aryl methyl sites for hydroxylation is 3. The Morgan fingerprint density at radius 2 is 1.76 bits per heavy atom. The summed E-state index contributed by atoms with van der Waals surface area (Å²) in [6, 6.07) is 20.2. The Morgan fingerprint density at radius 1 is 1.00 bits per heavy atom. The Labute approximate surface area is 207 Å². The Balaban J connectivity index is 1.64. The largest absolute Gasteiger partial charge is 0.483 e. The van der Waals surface area contributed by atoms with Gasteiger partial charge in [-0.05, 0) is 95.4 Å². The Bertz CT molecular complexity index is 1310. The average molecular weight is 518 g/mol.